The number of H-pyrrole nitrogens is 1. The van der Waals surface area contributed by atoms with E-state index in [1.807, 2.05) is 20.8 Å². The number of aliphatic hydroxyl groups is 1. The number of aromatic nitrogens is 4. The van der Waals surface area contributed by atoms with Gasteiger partial charge in [-0.15, -0.1) is 10.2 Å². The van der Waals surface area contributed by atoms with Gasteiger partial charge >= 0.3 is 0 Å². The van der Waals surface area contributed by atoms with Crippen molar-refractivity contribution >= 4 is 10.9 Å². The molecule has 0 spiro atoms. The second-order valence-electron chi connectivity index (χ2n) is 8.11. The van der Waals surface area contributed by atoms with Crippen LogP contribution >= 0.6 is 0 Å². The summed E-state index contributed by atoms with van der Waals surface area (Å²) in [6.45, 7) is 7.57. The van der Waals surface area contributed by atoms with Crippen molar-refractivity contribution < 1.29 is 9.52 Å². The number of aryl methyl sites for hydroxylation is 2. The van der Waals surface area contributed by atoms with E-state index in [-0.39, 0.29) is 17.4 Å². The van der Waals surface area contributed by atoms with E-state index in [1.165, 1.54) is 4.57 Å². The summed E-state index contributed by atoms with van der Waals surface area (Å²) < 4.78 is 7.34. The second kappa shape index (κ2) is 6.35. The van der Waals surface area contributed by atoms with Crippen molar-refractivity contribution in [3.8, 4) is 23.3 Å². The van der Waals surface area contributed by atoms with E-state index in [0.29, 0.717) is 33.8 Å². The van der Waals surface area contributed by atoms with Crippen LogP contribution in [0.25, 0.3) is 22.4 Å². The Balaban J connectivity index is 1.96. The van der Waals surface area contributed by atoms with Gasteiger partial charge in [-0.2, -0.15) is 0 Å². The van der Waals surface area contributed by atoms with Crippen LogP contribution in [0.2, 0.25) is 0 Å². The van der Waals surface area contributed by atoms with E-state index in [9.17, 15) is 9.90 Å². The Bertz CT molecular complexity index is 1180. The van der Waals surface area contributed by atoms with E-state index in [2.05, 4.69) is 27.0 Å². The molecule has 0 amide bonds. The molecule has 3 aromatic rings. The molecular weight excluding hydrogens is 356 g/mol. The third-order valence-electron chi connectivity index (χ3n) is 5.28. The minimum absolute atomic E-state index is 0.104. The molecule has 1 atom stereocenters. The van der Waals surface area contributed by atoms with Gasteiger partial charge in [-0.05, 0) is 32.6 Å². The van der Waals surface area contributed by atoms with Gasteiger partial charge < -0.3 is 19.1 Å². The fourth-order valence-corrected chi connectivity index (χ4v) is 3.42. The van der Waals surface area contributed by atoms with Gasteiger partial charge in [0.05, 0.1) is 11.1 Å². The molecule has 0 bridgehead atoms. The van der Waals surface area contributed by atoms with Gasteiger partial charge in [-0.25, -0.2) is 0 Å². The Labute approximate surface area is 162 Å². The highest BCUT2D eigenvalue weighted by atomic mass is 16.4. The minimum atomic E-state index is -1.04. The van der Waals surface area contributed by atoms with Crippen molar-refractivity contribution in [1.29, 1.82) is 0 Å². The van der Waals surface area contributed by atoms with Crippen LogP contribution in [0.4, 0.5) is 0 Å². The molecule has 0 aromatic carbocycles. The molecular formula is C21H24N4O3. The summed E-state index contributed by atoms with van der Waals surface area (Å²) in [5.41, 5.74) is 1.32. The van der Waals surface area contributed by atoms with Crippen LogP contribution in [0.15, 0.2) is 15.4 Å². The maximum Gasteiger partial charge on any atom is 0.274 e. The molecule has 0 aliphatic heterocycles. The molecule has 1 fully saturated rings. The van der Waals surface area contributed by atoms with Crippen LogP contribution in [-0.2, 0) is 7.05 Å². The molecule has 3 aromatic heterocycles. The normalized spacial score (nSPS) is 16.2. The summed E-state index contributed by atoms with van der Waals surface area (Å²) in [4.78, 5) is 15.8. The molecule has 1 aliphatic carbocycles. The number of nitrogens with one attached hydrogen (secondary N) is 1. The molecule has 1 unspecified atom stereocenters. The zero-order valence-corrected chi connectivity index (χ0v) is 16.8. The van der Waals surface area contributed by atoms with Gasteiger partial charge in [0.2, 0.25) is 11.8 Å². The molecule has 0 saturated heterocycles. The van der Waals surface area contributed by atoms with Crippen LogP contribution in [0, 0.1) is 24.7 Å². The van der Waals surface area contributed by atoms with Gasteiger partial charge in [-0.1, -0.05) is 25.7 Å². The average molecular weight is 380 g/mol. The monoisotopic (exact) mass is 380 g/mol. The lowest BCUT2D eigenvalue weighted by atomic mass is 10.00. The highest BCUT2D eigenvalue weighted by Gasteiger charge is 2.38. The summed E-state index contributed by atoms with van der Waals surface area (Å²) >= 11 is 0. The first-order valence-corrected chi connectivity index (χ1v) is 9.50. The Morgan fingerprint density at radius 1 is 1.39 bits per heavy atom. The molecule has 2 N–H and O–H groups in total. The quantitative estimate of drug-likeness (QED) is 0.681. The Morgan fingerprint density at radius 2 is 2.11 bits per heavy atom. The second-order valence-corrected chi connectivity index (χ2v) is 8.11. The van der Waals surface area contributed by atoms with E-state index in [0.717, 1.165) is 18.5 Å². The van der Waals surface area contributed by atoms with Crippen LogP contribution in [-0.4, -0.2) is 30.5 Å². The Morgan fingerprint density at radius 3 is 2.71 bits per heavy atom. The summed E-state index contributed by atoms with van der Waals surface area (Å²) in [6.07, 6.45) is 3.66. The van der Waals surface area contributed by atoms with Crippen LogP contribution in [0.3, 0.4) is 0 Å². The molecule has 4 rings (SSSR count). The molecule has 7 heteroatoms. The fourth-order valence-electron chi connectivity index (χ4n) is 3.42. The smallest absolute Gasteiger partial charge is 0.274 e. The van der Waals surface area contributed by atoms with Crippen molar-refractivity contribution in [3.05, 3.63) is 33.7 Å². The van der Waals surface area contributed by atoms with E-state index >= 15 is 0 Å². The number of hydrogen-bond acceptors (Lipinski definition) is 5. The molecule has 1 saturated carbocycles. The molecule has 28 heavy (non-hydrogen) atoms. The van der Waals surface area contributed by atoms with Crippen molar-refractivity contribution in [3.63, 3.8) is 0 Å². The molecule has 3 heterocycles. The van der Waals surface area contributed by atoms with Gasteiger partial charge in [0.25, 0.3) is 5.56 Å². The van der Waals surface area contributed by atoms with E-state index in [4.69, 9.17) is 4.42 Å². The largest absolute Gasteiger partial charge is 0.420 e. The summed E-state index contributed by atoms with van der Waals surface area (Å²) in [5.74, 6) is 7.31. The van der Waals surface area contributed by atoms with Gasteiger partial charge in [0.15, 0.2) is 0 Å². The van der Waals surface area contributed by atoms with E-state index in [1.54, 1.807) is 20.2 Å². The minimum Gasteiger partial charge on any atom is -0.420 e. The SMILES string of the molecule is Cc1[nH]c2c(=O)n(C)cc(C#CC(C)(O)C3CC3)c2c1-c1nnc(C(C)C)o1. The number of nitrogens with zero attached hydrogens (tertiary/aromatic N) is 3. The summed E-state index contributed by atoms with van der Waals surface area (Å²) in [6, 6.07) is 0. The van der Waals surface area contributed by atoms with Crippen LogP contribution < -0.4 is 5.56 Å². The predicted molar refractivity (Wildman–Crippen MR) is 106 cm³/mol. The van der Waals surface area contributed by atoms with Gasteiger partial charge in [0.1, 0.15) is 11.1 Å². The molecule has 0 radical (unpaired) electrons. The zero-order valence-electron chi connectivity index (χ0n) is 16.8. The Kier molecular flexibility index (Phi) is 4.20. The standard InChI is InChI=1S/C21H24N4O3/c1-11(2)18-23-24-19(28-18)15-12(3)22-17-16(15)13(10-25(5)20(17)26)8-9-21(4,27)14-6-7-14/h10-11,14,22,27H,6-7H2,1-5H3. The highest BCUT2D eigenvalue weighted by molar-refractivity contribution is 5.99. The maximum atomic E-state index is 12.7. The highest BCUT2D eigenvalue weighted by Crippen LogP contribution is 2.39. The topological polar surface area (TPSA) is 96.9 Å². The van der Waals surface area contributed by atoms with E-state index < -0.39 is 5.60 Å². The predicted octanol–water partition coefficient (Wildman–Crippen LogP) is 2.86. The number of pyridine rings is 1. The number of rotatable bonds is 3. The van der Waals surface area contributed by atoms with Crippen LogP contribution in [0.5, 0.6) is 0 Å². The van der Waals surface area contributed by atoms with Crippen molar-refractivity contribution in [2.75, 3.05) is 0 Å². The zero-order chi connectivity index (χ0) is 20.2. The van der Waals surface area contributed by atoms with Crippen molar-refractivity contribution in [2.24, 2.45) is 13.0 Å². The van der Waals surface area contributed by atoms with Crippen molar-refractivity contribution in [1.82, 2.24) is 19.7 Å². The number of fused-ring (bicyclic) bond motifs is 1. The lowest BCUT2D eigenvalue weighted by Gasteiger charge is -2.14. The molecule has 146 valence electrons. The lowest BCUT2D eigenvalue weighted by Crippen LogP contribution is -2.24. The van der Waals surface area contributed by atoms with Crippen LogP contribution in [0.1, 0.15) is 56.7 Å². The van der Waals surface area contributed by atoms with Gasteiger partial charge in [-0.3, -0.25) is 4.79 Å². The lowest BCUT2D eigenvalue weighted by molar-refractivity contribution is 0.0980. The first kappa shape index (κ1) is 18.5. The molecule has 7 nitrogen and oxygen atoms in total. The number of aromatic amines is 1. The number of hydrogen-bond donors (Lipinski definition) is 2. The van der Waals surface area contributed by atoms with Crippen molar-refractivity contribution in [2.45, 2.75) is 52.1 Å². The first-order chi connectivity index (χ1) is 13.2. The fraction of sp³-hybridized carbons (Fsp3) is 0.476. The average Bonchev–Trinajstić information content (AvgIpc) is 3.29. The third-order valence-corrected chi connectivity index (χ3v) is 5.28. The third kappa shape index (κ3) is 3.04. The summed E-state index contributed by atoms with van der Waals surface area (Å²) in [7, 11) is 1.69. The molecule has 1 aliphatic rings. The Hall–Kier alpha value is -2.85. The maximum absolute atomic E-state index is 12.7. The first-order valence-electron chi connectivity index (χ1n) is 9.50. The summed E-state index contributed by atoms with van der Waals surface area (Å²) in [5, 5.41) is 19.5. The van der Waals surface area contributed by atoms with Gasteiger partial charge in [0, 0.05) is 30.2 Å².